The number of nitrogens with one attached hydrogen (secondary N) is 1. The lowest BCUT2D eigenvalue weighted by Crippen LogP contribution is -2.45. The number of nitrogens with zero attached hydrogens (tertiary/aromatic N) is 1. The fourth-order valence-corrected chi connectivity index (χ4v) is 1.83. The Hall–Kier alpha value is -1.49. The smallest absolute Gasteiger partial charge is 0.220 e. The zero-order valence-electron chi connectivity index (χ0n) is 12.3. The quantitative estimate of drug-likeness (QED) is 0.804. The predicted molar refractivity (Wildman–Crippen MR) is 75.6 cm³/mol. The second kappa shape index (κ2) is 7.33. The Labute approximate surface area is 119 Å². The van der Waals surface area contributed by atoms with Crippen LogP contribution in [0, 0.1) is 11.7 Å². The Bertz CT molecular complexity index is 449. The molecule has 1 heterocycles. The highest BCUT2D eigenvalue weighted by molar-refractivity contribution is 5.76. The minimum Gasteiger partial charge on any atom is -0.388 e. The van der Waals surface area contributed by atoms with Gasteiger partial charge in [-0.25, -0.2) is 4.39 Å². The maximum Gasteiger partial charge on any atom is 0.220 e. The third-order valence-electron chi connectivity index (χ3n) is 3.72. The number of aromatic nitrogens is 1. The highest BCUT2D eigenvalue weighted by Crippen LogP contribution is 2.18. The number of amides is 1. The van der Waals surface area contributed by atoms with Crippen LogP contribution in [0.4, 0.5) is 4.39 Å². The summed E-state index contributed by atoms with van der Waals surface area (Å²) in [5, 5.41) is 12.9. The molecule has 0 saturated heterocycles. The van der Waals surface area contributed by atoms with Crippen molar-refractivity contribution >= 4 is 5.91 Å². The van der Waals surface area contributed by atoms with Gasteiger partial charge in [0.25, 0.3) is 0 Å². The van der Waals surface area contributed by atoms with Crippen molar-refractivity contribution in [2.75, 3.05) is 6.54 Å². The molecular weight excluding hydrogens is 259 g/mol. The van der Waals surface area contributed by atoms with Crippen LogP contribution in [0.3, 0.4) is 0 Å². The molecule has 0 aliphatic heterocycles. The van der Waals surface area contributed by atoms with E-state index >= 15 is 0 Å². The first-order valence-electron chi connectivity index (χ1n) is 6.93. The lowest BCUT2D eigenvalue weighted by atomic mass is 9.88. The summed E-state index contributed by atoms with van der Waals surface area (Å²) >= 11 is 0. The average Bonchev–Trinajstić information content (AvgIpc) is 2.42. The van der Waals surface area contributed by atoms with Crippen LogP contribution < -0.4 is 5.32 Å². The maximum atomic E-state index is 12.9. The Balaban J connectivity index is 2.37. The average molecular weight is 282 g/mol. The standard InChI is InChI=1S/C15H23FN2O2/c1-4-11(2)15(3,20)10-18-14(19)6-5-12-7-13(16)9-17-8-12/h7-9,11,20H,4-6,10H2,1-3H3,(H,18,19). The number of halogens is 1. The summed E-state index contributed by atoms with van der Waals surface area (Å²) in [6.07, 6.45) is 4.21. The summed E-state index contributed by atoms with van der Waals surface area (Å²) < 4.78 is 12.9. The zero-order chi connectivity index (χ0) is 15.2. The molecule has 0 saturated carbocycles. The molecule has 1 aromatic heterocycles. The Kier molecular flexibility index (Phi) is 6.07. The van der Waals surface area contributed by atoms with Gasteiger partial charge in [0, 0.05) is 19.2 Å². The van der Waals surface area contributed by atoms with E-state index in [1.165, 1.54) is 6.07 Å². The van der Waals surface area contributed by atoms with Crippen molar-refractivity contribution in [3.05, 3.63) is 29.8 Å². The van der Waals surface area contributed by atoms with E-state index in [0.717, 1.165) is 12.6 Å². The molecule has 0 aromatic carbocycles. The summed E-state index contributed by atoms with van der Waals surface area (Å²) in [7, 11) is 0. The van der Waals surface area contributed by atoms with E-state index in [1.54, 1.807) is 13.1 Å². The molecule has 112 valence electrons. The van der Waals surface area contributed by atoms with Gasteiger partial charge >= 0.3 is 0 Å². The number of carbonyl (C=O) groups is 1. The van der Waals surface area contributed by atoms with E-state index < -0.39 is 11.4 Å². The summed E-state index contributed by atoms with van der Waals surface area (Å²) in [6.45, 7) is 5.89. The monoisotopic (exact) mass is 282 g/mol. The van der Waals surface area contributed by atoms with Crippen molar-refractivity contribution < 1.29 is 14.3 Å². The molecule has 1 amide bonds. The van der Waals surface area contributed by atoms with Crippen molar-refractivity contribution in [1.82, 2.24) is 10.3 Å². The van der Waals surface area contributed by atoms with Crippen LogP contribution in [0.5, 0.6) is 0 Å². The largest absolute Gasteiger partial charge is 0.388 e. The van der Waals surface area contributed by atoms with Crippen molar-refractivity contribution in [1.29, 1.82) is 0 Å². The molecule has 0 bridgehead atoms. The van der Waals surface area contributed by atoms with E-state index in [2.05, 4.69) is 10.3 Å². The molecular formula is C15H23FN2O2. The molecule has 0 aliphatic rings. The SMILES string of the molecule is CCC(C)C(C)(O)CNC(=O)CCc1cncc(F)c1. The molecule has 4 nitrogen and oxygen atoms in total. The Morgan fingerprint density at radius 2 is 2.25 bits per heavy atom. The molecule has 1 rings (SSSR count). The van der Waals surface area contributed by atoms with E-state index in [9.17, 15) is 14.3 Å². The molecule has 2 unspecified atom stereocenters. The number of carbonyl (C=O) groups excluding carboxylic acids is 1. The van der Waals surface area contributed by atoms with Crippen molar-refractivity contribution in [2.45, 2.75) is 45.6 Å². The van der Waals surface area contributed by atoms with Gasteiger partial charge in [-0.05, 0) is 30.9 Å². The maximum absolute atomic E-state index is 12.9. The van der Waals surface area contributed by atoms with Crippen LogP contribution in [-0.2, 0) is 11.2 Å². The first kappa shape index (κ1) is 16.6. The number of pyridine rings is 1. The fourth-order valence-electron chi connectivity index (χ4n) is 1.83. The van der Waals surface area contributed by atoms with Gasteiger partial charge < -0.3 is 10.4 Å². The summed E-state index contributed by atoms with van der Waals surface area (Å²) in [5.41, 5.74) is -0.223. The van der Waals surface area contributed by atoms with Crippen LogP contribution in [0.15, 0.2) is 18.5 Å². The van der Waals surface area contributed by atoms with Crippen LogP contribution in [0.25, 0.3) is 0 Å². The molecule has 2 N–H and O–H groups in total. The zero-order valence-corrected chi connectivity index (χ0v) is 12.3. The lowest BCUT2D eigenvalue weighted by Gasteiger charge is -2.29. The lowest BCUT2D eigenvalue weighted by molar-refractivity contribution is -0.122. The summed E-state index contributed by atoms with van der Waals surface area (Å²) in [6, 6.07) is 1.37. The van der Waals surface area contributed by atoms with Gasteiger partial charge in [0.2, 0.25) is 5.91 Å². The normalized spacial score (nSPS) is 15.4. The third kappa shape index (κ3) is 5.25. The molecule has 20 heavy (non-hydrogen) atoms. The number of aryl methyl sites for hydroxylation is 1. The van der Waals surface area contributed by atoms with Gasteiger partial charge in [0.05, 0.1) is 11.8 Å². The number of rotatable bonds is 7. The summed E-state index contributed by atoms with van der Waals surface area (Å²) in [5.74, 6) is -0.448. The van der Waals surface area contributed by atoms with Gasteiger partial charge in [-0.15, -0.1) is 0 Å². The molecule has 0 spiro atoms. The molecule has 1 aromatic rings. The van der Waals surface area contributed by atoms with Crippen molar-refractivity contribution in [3.8, 4) is 0 Å². The van der Waals surface area contributed by atoms with E-state index in [0.29, 0.717) is 12.0 Å². The molecule has 2 atom stereocenters. The Morgan fingerprint density at radius 1 is 1.55 bits per heavy atom. The Morgan fingerprint density at radius 3 is 2.85 bits per heavy atom. The fraction of sp³-hybridized carbons (Fsp3) is 0.600. The highest BCUT2D eigenvalue weighted by Gasteiger charge is 2.27. The first-order chi connectivity index (χ1) is 9.35. The molecule has 0 radical (unpaired) electrons. The van der Waals surface area contributed by atoms with Crippen LogP contribution in [0.2, 0.25) is 0 Å². The summed E-state index contributed by atoms with van der Waals surface area (Å²) in [4.78, 5) is 15.5. The second-order valence-electron chi connectivity index (χ2n) is 5.45. The van der Waals surface area contributed by atoms with Gasteiger partial charge in [0.15, 0.2) is 0 Å². The van der Waals surface area contributed by atoms with Crippen LogP contribution in [-0.4, -0.2) is 28.1 Å². The third-order valence-corrected chi connectivity index (χ3v) is 3.72. The highest BCUT2D eigenvalue weighted by atomic mass is 19.1. The first-order valence-corrected chi connectivity index (χ1v) is 6.93. The minimum absolute atomic E-state index is 0.107. The van der Waals surface area contributed by atoms with E-state index in [4.69, 9.17) is 0 Å². The van der Waals surface area contributed by atoms with Gasteiger partial charge in [-0.1, -0.05) is 20.3 Å². The number of hydrogen-bond donors (Lipinski definition) is 2. The van der Waals surface area contributed by atoms with Gasteiger partial charge in [-0.2, -0.15) is 0 Å². The minimum atomic E-state index is -0.912. The number of hydrogen-bond acceptors (Lipinski definition) is 3. The van der Waals surface area contributed by atoms with E-state index in [-0.39, 0.29) is 24.8 Å². The van der Waals surface area contributed by atoms with E-state index in [1.807, 2.05) is 13.8 Å². The second-order valence-corrected chi connectivity index (χ2v) is 5.45. The predicted octanol–water partition coefficient (Wildman–Crippen LogP) is 2.07. The molecule has 5 heteroatoms. The van der Waals surface area contributed by atoms with Crippen molar-refractivity contribution in [2.24, 2.45) is 5.92 Å². The molecule has 0 aliphatic carbocycles. The van der Waals surface area contributed by atoms with Gasteiger partial charge in [0.1, 0.15) is 5.82 Å². The number of aliphatic hydroxyl groups is 1. The van der Waals surface area contributed by atoms with Gasteiger partial charge in [-0.3, -0.25) is 9.78 Å². The van der Waals surface area contributed by atoms with Crippen molar-refractivity contribution in [3.63, 3.8) is 0 Å². The van der Waals surface area contributed by atoms with Crippen LogP contribution >= 0.6 is 0 Å². The van der Waals surface area contributed by atoms with Crippen LogP contribution in [0.1, 0.15) is 39.2 Å². The molecule has 0 fully saturated rings. The topological polar surface area (TPSA) is 62.2 Å².